The Hall–Kier alpha value is -2.92. The van der Waals surface area contributed by atoms with E-state index in [1.807, 2.05) is 0 Å². The first-order valence-electron chi connectivity index (χ1n) is 11.0. The van der Waals surface area contributed by atoms with Crippen LogP contribution in [-0.4, -0.2) is 43.8 Å². The minimum atomic E-state index is 0.550. The number of nitrogens with one attached hydrogen (secondary N) is 1. The Bertz CT molecular complexity index is 1110. The molecule has 3 heterocycles. The van der Waals surface area contributed by atoms with Crippen molar-refractivity contribution in [1.29, 1.82) is 0 Å². The highest BCUT2D eigenvalue weighted by Crippen LogP contribution is 2.21. The van der Waals surface area contributed by atoms with Gasteiger partial charge in [-0.3, -0.25) is 4.90 Å². The SMILES string of the molecule is C[C@H](CCc1c[nH]c2ccccc12)N1CCc2nnc(Cc3ccccc3)n2CC1. The summed E-state index contributed by atoms with van der Waals surface area (Å²) in [6, 6.07) is 19.7. The van der Waals surface area contributed by atoms with Crippen molar-refractivity contribution in [1.82, 2.24) is 24.6 Å². The highest BCUT2D eigenvalue weighted by atomic mass is 15.3. The summed E-state index contributed by atoms with van der Waals surface area (Å²) in [5, 5.41) is 10.4. The fraction of sp³-hybridized carbons (Fsp3) is 0.360. The molecule has 2 aromatic heterocycles. The highest BCUT2D eigenvalue weighted by molar-refractivity contribution is 5.83. The molecular formula is C25H29N5. The van der Waals surface area contributed by atoms with E-state index >= 15 is 0 Å². The summed E-state index contributed by atoms with van der Waals surface area (Å²) < 4.78 is 2.35. The van der Waals surface area contributed by atoms with E-state index in [1.165, 1.54) is 28.5 Å². The van der Waals surface area contributed by atoms with Crippen LogP contribution >= 0.6 is 0 Å². The molecule has 5 rings (SSSR count). The number of hydrogen-bond donors (Lipinski definition) is 1. The monoisotopic (exact) mass is 399 g/mol. The maximum atomic E-state index is 4.51. The van der Waals surface area contributed by atoms with Crippen molar-refractivity contribution in [3.05, 3.63) is 83.6 Å². The van der Waals surface area contributed by atoms with Gasteiger partial charge in [-0.05, 0) is 37.0 Å². The summed E-state index contributed by atoms with van der Waals surface area (Å²) in [5.74, 6) is 2.22. The van der Waals surface area contributed by atoms with Gasteiger partial charge in [-0.25, -0.2) is 0 Å². The zero-order valence-corrected chi connectivity index (χ0v) is 17.6. The number of para-hydroxylation sites is 1. The zero-order valence-electron chi connectivity index (χ0n) is 17.6. The number of aryl methyl sites for hydroxylation is 1. The van der Waals surface area contributed by atoms with Gasteiger partial charge in [-0.15, -0.1) is 10.2 Å². The first kappa shape index (κ1) is 19.1. The molecule has 154 valence electrons. The smallest absolute Gasteiger partial charge is 0.137 e. The van der Waals surface area contributed by atoms with Gasteiger partial charge in [-0.1, -0.05) is 48.5 Å². The van der Waals surface area contributed by atoms with Crippen LogP contribution in [0.2, 0.25) is 0 Å². The van der Waals surface area contributed by atoms with E-state index in [-0.39, 0.29) is 0 Å². The van der Waals surface area contributed by atoms with Gasteiger partial charge in [-0.2, -0.15) is 0 Å². The van der Waals surface area contributed by atoms with Crippen molar-refractivity contribution < 1.29 is 0 Å². The van der Waals surface area contributed by atoms with Crippen molar-refractivity contribution in [2.45, 2.75) is 45.2 Å². The molecule has 0 saturated heterocycles. The lowest BCUT2D eigenvalue weighted by atomic mass is 10.0. The van der Waals surface area contributed by atoms with Crippen LogP contribution < -0.4 is 0 Å². The van der Waals surface area contributed by atoms with E-state index in [0.29, 0.717) is 6.04 Å². The summed E-state index contributed by atoms with van der Waals surface area (Å²) in [6.07, 6.45) is 6.27. The van der Waals surface area contributed by atoms with Crippen molar-refractivity contribution in [2.24, 2.45) is 0 Å². The molecule has 0 fully saturated rings. The van der Waals surface area contributed by atoms with E-state index in [1.54, 1.807) is 0 Å². The third-order valence-electron chi connectivity index (χ3n) is 6.47. The Morgan fingerprint density at radius 2 is 1.80 bits per heavy atom. The van der Waals surface area contributed by atoms with Crippen LogP contribution in [0.25, 0.3) is 10.9 Å². The van der Waals surface area contributed by atoms with Crippen LogP contribution in [0.1, 0.15) is 36.1 Å². The highest BCUT2D eigenvalue weighted by Gasteiger charge is 2.22. The molecule has 30 heavy (non-hydrogen) atoms. The molecule has 0 bridgehead atoms. The molecule has 0 amide bonds. The third kappa shape index (κ3) is 3.90. The number of H-pyrrole nitrogens is 1. The lowest BCUT2D eigenvalue weighted by Gasteiger charge is -2.27. The molecule has 0 spiro atoms. The molecule has 0 radical (unpaired) electrons. The predicted octanol–water partition coefficient (Wildman–Crippen LogP) is 4.23. The first-order valence-corrected chi connectivity index (χ1v) is 11.0. The van der Waals surface area contributed by atoms with Gasteiger partial charge in [0.1, 0.15) is 11.6 Å². The molecule has 5 heteroatoms. The molecule has 0 aliphatic carbocycles. The Morgan fingerprint density at radius 1 is 0.967 bits per heavy atom. The van der Waals surface area contributed by atoms with Gasteiger partial charge in [0.25, 0.3) is 0 Å². The van der Waals surface area contributed by atoms with Crippen LogP contribution in [0.5, 0.6) is 0 Å². The Kier molecular flexibility index (Phi) is 5.37. The van der Waals surface area contributed by atoms with Gasteiger partial charge in [0.2, 0.25) is 0 Å². The second-order valence-corrected chi connectivity index (χ2v) is 8.38. The van der Waals surface area contributed by atoms with Gasteiger partial charge >= 0.3 is 0 Å². The number of benzene rings is 2. The van der Waals surface area contributed by atoms with E-state index in [9.17, 15) is 0 Å². The van der Waals surface area contributed by atoms with Gasteiger partial charge < -0.3 is 9.55 Å². The first-order chi connectivity index (χ1) is 14.8. The van der Waals surface area contributed by atoms with Crippen LogP contribution in [0, 0.1) is 0 Å². The molecule has 1 aliphatic rings. The summed E-state index contributed by atoms with van der Waals surface area (Å²) in [4.78, 5) is 6.02. The number of hydrogen-bond acceptors (Lipinski definition) is 3. The van der Waals surface area contributed by atoms with Crippen molar-refractivity contribution in [3.63, 3.8) is 0 Å². The number of rotatable bonds is 6. The van der Waals surface area contributed by atoms with E-state index in [4.69, 9.17) is 0 Å². The molecule has 1 atom stereocenters. The topological polar surface area (TPSA) is 49.7 Å². The molecule has 5 nitrogen and oxygen atoms in total. The van der Waals surface area contributed by atoms with E-state index in [0.717, 1.165) is 50.5 Å². The normalized spacial score (nSPS) is 15.8. The summed E-state index contributed by atoms with van der Waals surface area (Å²) >= 11 is 0. The molecule has 1 aliphatic heterocycles. The minimum absolute atomic E-state index is 0.550. The summed E-state index contributed by atoms with van der Waals surface area (Å²) in [5.41, 5.74) is 3.95. The van der Waals surface area contributed by atoms with E-state index < -0.39 is 0 Å². The standard InChI is InChI=1S/C25H29N5/c1-19(11-12-21-18-26-23-10-6-5-9-22(21)23)29-14-13-24-27-28-25(30(24)16-15-29)17-20-7-3-2-4-8-20/h2-10,18-19,26H,11-17H2,1H3/t19-/m1/s1. The van der Waals surface area contributed by atoms with Gasteiger partial charge in [0.05, 0.1) is 0 Å². The fourth-order valence-corrected chi connectivity index (χ4v) is 4.63. The average Bonchev–Trinajstić information content (AvgIpc) is 3.30. The number of aromatic nitrogens is 4. The van der Waals surface area contributed by atoms with E-state index in [2.05, 4.69) is 92.4 Å². The fourth-order valence-electron chi connectivity index (χ4n) is 4.63. The molecule has 2 aromatic carbocycles. The zero-order chi connectivity index (χ0) is 20.3. The van der Waals surface area contributed by atoms with Crippen molar-refractivity contribution in [3.8, 4) is 0 Å². The molecule has 0 unspecified atom stereocenters. The van der Waals surface area contributed by atoms with Crippen molar-refractivity contribution in [2.75, 3.05) is 13.1 Å². The lowest BCUT2D eigenvalue weighted by molar-refractivity contribution is 0.203. The minimum Gasteiger partial charge on any atom is -0.361 e. The van der Waals surface area contributed by atoms with Crippen LogP contribution in [-0.2, 0) is 25.8 Å². The van der Waals surface area contributed by atoms with Crippen LogP contribution in [0.15, 0.2) is 60.8 Å². The number of fused-ring (bicyclic) bond motifs is 2. The van der Waals surface area contributed by atoms with Crippen molar-refractivity contribution >= 4 is 10.9 Å². The molecule has 1 N–H and O–H groups in total. The van der Waals surface area contributed by atoms with Crippen LogP contribution in [0.4, 0.5) is 0 Å². The summed E-state index contributed by atoms with van der Waals surface area (Å²) in [6.45, 7) is 5.45. The quantitative estimate of drug-likeness (QED) is 0.528. The van der Waals surface area contributed by atoms with Crippen LogP contribution in [0.3, 0.4) is 0 Å². The Morgan fingerprint density at radius 3 is 2.70 bits per heavy atom. The maximum absolute atomic E-state index is 4.51. The Labute approximate surface area is 177 Å². The maximum Gasteiger partial charge on any atom is 0.137 e. The summed E-state index contributed by atoms with van der Waals surface area (Å²) in [7, 11) is 0. The number of nitrogens with zero attached hydrogens (tertiary/aromatic N) is 4. The average molecular weight is 400 g/mol. The molecule has 4 aromatic rings. The third-order valence-corrected chi connectivity index (χ3v) is 6.47. The largest absolute Gasteiger partial charge is 0.361 e. The Balaban J connectivity index is 1.22. The predicted molar refractivity (Wildman–Crippen MR) is 121 cm³/mol. The molecular weight excluding hydrogens is 370 g/mol. The second kappa shape index (κ2) is 8.44. The second-order valence-electron chi connectivity index (χ2n) is 8.38. The lowest BCUT2D eigenvalue weighted by Crippen LogP contribution is -2.36. The van der Waals surface area contributed by atoms with Gasteiger partial charge in [0.15, 0.2) is 0 Å². The molecule has 0 saturated carbocycles. The van der Waals surface area contributed by atoms with Gasteiger partial charge in [0, 0.05) is 55.6 Å². The number of aromatic amines is 1.